The van der Waals surface area contributed by atoms with Crippen molar-refractivity contribution in [1.82, 2.24) is 19.7 Å². The predicted octanol–water partition coefficient (Wildman–Crippen LogP) is 1.82. The third-order valence-corrected chi connectivity index (χ3v) is 4.16. The highest BCUT2D eigenvalue weighted by Crippen LogP contribution is 2.31. The van der Waals surface area contributed by atoms with Crippen molar-refractivity contribution in [1.29, 1.82) is 0 Å². The summed E-state index contributed by atoms with van der Waals surface area (Å²) >= 11 is 1.23. The number of nitrogens with one attached hydrogen (secondary N) is 1. The van der Waals surface area contributed by atoms with Crippen LogP contribution >= 0.6 is 11.3 Å². The first-order chi connectivity index (χ1) is 10.1. The molecule has 0 atom stereocenters. The highest BCUT2D eigenvalue weighted by Gasteiger charge is 2.19. The van der Waals surface area contributed by atoms with Gasteiger partial charge in [0.05, 0.1) is 17.1 Å². The zero-order valence-electron chi connectivity index (χ0n) is 11.6. The quantitative estimate of drug-likeness (QED) is 0.769. The zero-order chi connectivity index (χ0) is 15.0. The molecule has 0 aromatic carbocycles. The molecule has 0 aliphatic carbocycles. The number of nitrogens with two attached hydrogens (primary N) is 1. The average molecular weight is 302 g/mol. The summed E-state index contributed by atoms with van der Waals surface area (Å²) in [7, 11) is 1.82. The molecule has 3 N–H and O–H groups in total. The van der Waals surface area contributed by atoms with E-state index in [-0.39, 0.29) is 5.91 Å². The van der Waals surface area contributed by atoms with Gasteiger partial charge in [0.2, 0.25) is 0 Å². The van der Waals surface area contributed by atoms with Gasteiger partial charge in [0.25, 0.3) is 5.91 Å². The highest BCUT2D eigenvalue weighted by molar-refractivity contribution is 7.21. The molecule has 3 heterocycles. The van der Waals surface area contributed by atoms with Crippen LogP contribution in [0.3, 0.4) is 0 Å². The second kappa shape index (κ2) is 5.13. The van der Waals surface area contributed by atoms with Gasteiger partial charge in [0.1, 0.15) is 15.2 Å². The van der Waals surface area contributed by atoms with Gasteiger partial charge in [-0.15, -0.1) is 11.3 Å². The van der Waals surface area contributed by atoms with Crippen LogP contribution in [0.25, 0.3) is 10.3 Å². The van der Waals surface area contributed by atoms with Crippen molar-refractivity contribution in [3.05, 3.63) is 29.2 Å². The molecule has 3 rings (SSSR count). The first-order valence-electron chi connectivity index (χ1n) is 6.43. The van der Waals surface area contributed by atoms with Gasteiger partial charge >= 0.3 is 0 Å². The summed E-state index contributed by atoms with van der Waals surface area (Å²) in [6.07, 6.45) is 5.65. The normalized spacial score (nSPS) is 11.0. The molecule has 0 aliphatic rings. The van der Waals surface area contributed by atoms with Gasteiger partial charge in [0, 0.05) is 25.6 Å². The number of amides is 1. The van der Waals surface area contributed by atoms with E-state index in [1.165, 1.54) is 11.3 Å². The third kappa shape index (κ3) is 2.33. The molecular weight excluding hydrogens is 288 g/mol. The number of carbonyl (C=O) groups excluding carboxylic acids is 1. The molecule has 3 aromatic heterocycles. The van der Waals surface area contributed by atoms with Crippen LogP contribution in [0, 0.1) is 0 Å². The Kier molecular flexibility index (Phi) is 3.30. The lowest BCUT2D eigenvalue weighted by Crippen LogP contribution is -2.12. The van der Waals surface area contributed by atoms with Gasteiger partial charge in [-0.2, -0.15) is 5.10 Å². The van der Waals surface area contributed by atoms with Crippen LogP contribution in [0.2, 0.25) is 0 Å². The van der Waals surface area contributed by atoms with Gasteiger partial charge in [-0.3, -0.25) is 9.48 Å². The Bertz CT molecular complexity index is 821. The van der Waals surface area contributed by atoms with E-state index in [2.05, 4.69) is 20.4 Å². The number of aryl methyl sites for hydroxylation is 2. The second-order valence-corrected chi connectivity index (χ2v) is 5.52. The van der Waals surface area contributed by atoms with E-state index in [0.29, 0.717) is 26.6 Å². The molecule has 0 saturated heterocycles. The molecule has 0 radical (unpaired) electrons. The van der Waals surface area contributed by atoms with Gasteiger partial charge in [-0.25, -0.2) is 9.97 Å². The maximum atomic E-state index is 12.4. The van der Waals surface area contributed by atoms with Crippen LogP contribution < -0.4 is 11.1 Å². The summed E-state index contributed by atoms with van der Waals surface area (Å²) in [5.41, 5.74) is 8.46. The van der Waals surface area contributed by atoms with Crippen molar-refractivity contribution in [3.8, 4) is 0 Å². The smallest absolute Gasteiger partial charge is 0.268 e. The minimum Gasteiger partial charge on any atom is -0.396 e. The molecule has 0 bridgehead atoms. The summed E-state index contributed by atoms with van der Waals surface area (Å²) in [4.78, 5) is 21.8. The molecule has 3 aromatic rings. The average Bonchev–Trinajstić information content (AvgIpc) is 3.00. The van der Waals surface area contributed by atoms with Gasteiger partial charge < -0.3 is 11.1 Å². The van der Waals surface area contributed by atoms with Crippen molar-refractivity contribution in [2.75, 3.05) is 11.1 Å². The number of carbonyl (C=O) groups is 1. The third-order valence-electron chi connectivity index (χ3n) is 3.06. The minimum absolute atomic E-state index is 0.264. The number of hydrogen-bond acceptors (Lipinski definition) is 6. The highest BCUT2D eigenvalue weighted by atomic mass is 32.1. The van der Waals surface area contributed by atoms with Crippen molar-refractivity contribution < 1.29 is 4.79 Å². The summed E-state index contributed by atoms with van der Waals surface area (Å²) < 4.78 is 1.67. The number of thiophene rings is 1. The minimum atomic E-state index is -0.264. The lowest BCUT2D eigenvalue weighted by atomic mass is 10.3. The van der Waals surface area contributed by atoms with Crippen LogP contribution in [-0.2, 0) is 13.5 Å². The Morgan fingerprint density at radius 2 is 2.19 bits per heavy atom. The number of hydrogen-bond donors (Lipinski definition) is 2. The van der Waals surface area contributed by atoms with Crippen molar-refractivity contribution in [2.24, 2.45) is 7.05 Å². The van der Waals surface area contributed by atoms with Gasteiger partial charge in [-0.05, 0) is 6.42 Å². The Labute approximate surface area is 124 Å². The number of rotatable bonds is 3. The fraction of sp³-hybridized carbons (Fsp3) is 0.231. The lowest BCUT2D eigenvalue weighted by molar-refractivity contribution is 0.103. The molecule has 8 heteroatoms. The van der Waals surface area contributed by atoms with E-state index in [1.807, 2.05) is 14.0 Å². The van der Waals surface area contributed by atoms with Crippen LogP contribution in [0.1, 0.15) is 22.3 Å². The Morgan fingerprint density at radius 3 is 2.90 bits per heavy atom. The van der Waals surface area contributed by atoms with E-state index in [9.17, 15) is 4.79 Å². The molecule has 0 fully saturated rings. The van der Waals surface area contributed by atoms with Crippen LogP contribution in [0.5, 0.6) is 0 Å². The monoisotopic (exact) mass is 302 g/mol. The molecule has 21 heavy (non-hydrogen) atoms. The Hall–Kier alpha value is -2.48. The zero-order valence-corrected chi connectivity index (χ0v) is 12.4. The van der Waals surface area contributed by atoms with E-state index in [0.717, 1.165) is 12.1 Å². The topological polar surface area (TPSA) is 98.7 Å². The molecule has 0 spiro atoms. The first kappa shape index (κ1) is 13.5. The molecule has 7 nitrogen and oxygen atoms in total. The fourth-order valence-electron chi connectivity index (χ4n) is 2.09. The van der Waals surface area contributed by atoms with E-state index >= 15 is 0 Å². The van der Waals surface area contributed by atoms with Crippen molar-refractivity contribution in [2.45, 2.75) is 13.3 Å². The standard InChI is InChI=1S/C13H14N6OS/c1-3-7-8(6-19(2)18-7)17-12(20)11-9(14)10-13(21-11)16-5-4-15-10/h4-6H,3,14H2,1-2H3,(H,17,20). The summed E-state index contributed by atoms with van der Waals surface area (Å²) in [6, 6.07) is 0. The van der Waals surface area contributed by atoms with Crippen LogP contribution in [0.15, 0.2) is 18.6 Å². The van der Waals surface area contributed by atoms with Gasteiger partial charge in [-0.1, -0.05) is 6.92 Å². The first-order valence-corrected chi connectivity index (χ1v) is 7.24. The Morgan fingerprint density at radius 1 is 1.43 bits per heavy atom. The molecule has 1 amide bonds. The predicted molar refractivity (Wildman–Crippen MR) is 82.4 cm³/mol. The number of aromatic nitrogens is 4. The van der Waals surface area contributed by atoms with Crippen molar-refractivity contribution in [3.63, 3.8) is 0 Å². The van der Waals surface area contributed by atoms with E-state index < -0.39 is 0 Å². The molecule has 0 saturated carbocycles. The summed E-state index contributed by atoms with van der Waals surface area (Å²) in [5, 5.41) is 7.14. The SMILES string of the molecule is CCc1nn(C)cc1NC(=O)c1sc2nccnc2c1N. The molecular formula is C13H14N6OS. The van der Waals surface area contributed by atoms with E-state index in [1.54, 1.807) is 23.3 Å². The van der Waals surface area contributed by atoms with Gasteiger partial charge in [0.15, 0.2) is 0 Å². The molecule has 0 unspecified atom stereocenters. The summed E-state index contributed by atoms with van der Waals surface area (Å²) in [6.45, 7) is 1.99. The lowest BCUT2D eigenvalue weighted by Gasteiger charge is -2.03. The largest absolute Gasteiger partial charge is 0.396 e. The van der Waals surface area contributed by atoms with Crippen LogP contribution in [0.4, 0.5) is 11.4 Å². The van der Waals surface area contributed by atoms with Crippen LogP contribution in [-0.4, -0.2) is 25.7 Å². The number of nitrogen functional groups attached to an aromatic ring is 1. The summed E-state index contributed by atoms with van der Waals surface area (Å²) in [5.74, 6) is -0.264. The molecule has 0 aliphatic heterocycles. The maximum Gasteiger partial charge on any atom is 0.268 e. The Balaban J connectivity index is 1.95. The number of nitrogens with zero attached hydrogens (tertiary/aromatic N) is 4. The van der Waals surface area contributed by atoms with Crippen molar-refractivity contribution >= 4 is 39.0 Å². The van der Waals surface area contributed by atoms with E-state index in [4.69, 9.17) is 5.73 Å². The fourth-order valence-corrected chi connectivity index (χ4v) is 3.01. The molecule has 108 valence electrons. The number of fused-ring (bicyclic) bond motifs is 1. The second-order valence-electron chi connectivity index (χ2n) is 4.53. The maximum absolute atomic E-state index is 12.4. The number of anilines is 2.